The number of sulfonamides is 1. The SMILES string of the molecule is Cc1ccc(S(=O)(=O)N[C@@H](CC(C)C)C(=O)N[C@H]2CCCC[C@@H]2C)cc1. The molecule has 0 heterocycles. The van der Waals surface area contributed by atoms with E-state index in [0.29, 0.717) is 12.3 Å². The molecule has 3 atom stereocenters. The molecule has 0 aliphatic heterocycles. The summed E-state index contributed by atoms with van der Waals surface area (Å²) in [5, 5.41) is 3.09. The van der Waals surface area contributed by atoms with Crippen LogP contribution in [0, 0.1) is 18.8 Å². The molecule has 0 saturated heterocycles. The fourth-order valence-electron chi connectivity index (χ4n) is 3.47. The Morgan fingerprint density at radius 3 is 2.35 bits per heavy atom. The van der Waals surface area contributed by atoms with E-state index in [1.807, 2.05) is 20.8 Å². The number of carbonyl (C=O) groups is 1. The van der Waals surface area contributed by atoms with Crippen LogP contribution in [-0.2, 0) is 14.8 Å². The second kappa shape index (κ2) is 9.00. The second-order valence-corrected chi connectivity index (χ2v) is 9.71. The quantitative estimate of drug-likeness (QED) is 0.761. The number of benzene rings is 1. The predicted molar refractivity (Wildman–Crippen MR) is 104 cm³/mol. The molecule has 0 aromatic heterocycles. The van der Waals surface area contributed by atoms with Gasteiger partial charge in [0.1, 0.15) is 6.04 Å². The van der Waals surface area contributed by atoms with Crippen molar-refractivity contribution in [3.63, 3.8) is 0 Å². The van der Waals surface area contributed by atoms with E-state index < -0.39 is 16.1 Å². The van der Waals surface area contributed by atoms with Crippen molar-refractivity contribution in [1.82, 2.24) is 10.0 Å². The molecule has 6 heteroatoms. The number of hydrogen-bond donors (Lipinski definition) is 2. The van der Waals surface area contributed by atoms with Crippen LogP contribution in [0.4, 0.5) is 0 Å². The maximum Gasteiger partial charge on any atom is 0.241 e. The monoisotopic (exact) mass is 380 g/mol. The van der Waals surface area contributed by atoms with E-state index in [2.05, 4.69) is 17.0 Å². The molecule has 1 fully saturated rings. The first-order valence-electron chi connectivity index (χ1n) is 9.58. The van der Waals surface area contributed by atoms with E-state index in [0.717, 1.165) is 24.8 Å². The fraction of sp³-hybridized carbons (Fsp3) is 0.650. The van der Waals surface area contributed by atoms with Crippen molar-refractivity contribution < 1.29 is 13.2 Å². The zero-order chi connectivity index (χ0) is 19.3. The third-order valence-electron chi connectivity index (χ3n) is 5.09. The highest BCUT2D eigenvalue weighted by Crippen LogP contribution is 2.24. The molecule has 5 nitrogen and oxygen atoms in total. The Hall–Kier alpha value is -1.40. The van der Waals surface area contributed by atoms with Gasteiger partial charge in [0.05, 0.1) is 4.90 Å². The number of carbonyl (C=O) groups excluding carboxylic acids is 1. The van der Waals surface area contributed by atoms with Crippen molar-refractivity contribution in [3.8, 4) is 0 Å². The molecule has 0 bridgehead atoms. The van der Waals surface area contributed by atoms with Gasteiger partial charge in [0.2, 0.25) is 15.9 Å². The Kier molecular flexibility index (Phi) is 7.24. The van der Waals surface area contributed by atoms with Gasteiger partial charge >= 0.3 is 0 Å². The van der Waals surface area contributed by atoms with Crippen LogP contribution >= 0.6 is 0 Å². The molecule has 0 unspecified atom stereocenters. The molecular formula is C20H32N2O3S. The van der Waals surface area contributed by atoms with Crippen molar-refractivity contribution in [3.05, 3.63) is 29.8 Å². The largest absolute Gasteiger partial charge is 0.352 e. The Labute approximate surface area is 158 Å². The van der Waals surface area contributed by atoms with E-state index in [9.17, 15) is 13.2 Å². The molecule has 1 aliphatic carbocycles. The van der Waals surface area contributed by atoms with Crippen LogP contribution in [0.5, 0.6) is 0 Å². The Bertz CT molecular complexity index is 698. The van der Waals surface area contributed by atoms with Gasteiger partial charge in [-0.2, -0.15) is 4.72 Å². The van der Waals surface area contributed by atoms with Crippen LogP contribution in [0.15, 0.2) is 29.2 Å². The van der Waals surface area contributed by atoms with Crippen molar-refractivity contribution in [2.45, 2.75) is 76.8 Å². The van der Waals surface area contributed by atoms with Crippen LogP contribution in [0.3, 0.4) is 0 Å². The Morgan fingerprint density at radius 2 is 1.77 bits per heavy atom. The molecule has 26 heavy (non-hydrogen) atoms. The summed E-state index contributed by atoms with van der Waals surface area (Å²) in [6.45, 7) is 8.04. The minimum atomic E-state index is -3.73. The highest BCUT2D eigenvalue weighted by molar-refractivity contribution is 7.89. The van der Waals surface area contributed by atoms with E-state index in [1.54, 1.807) is 24.3 Å². The van der Waals surface area contributed by atoms with Gasteiger partial charge in [-0.15, -0.1) is 0 Å². The summed E-state index contributed by atoms with van der Waals surface area (Å²) < 4.78 is 28.0. The number of aryl methyl sites for hydroxylation is 1. The predicted octanol–water partition coefficient (Wildman–Crippen LogP) is 3.38. The van der Waals surface area contributed by atoms with Crippen molar-refractivity contribution in [2.75, 3.05) is 0 Å². The summed E-state index contributed by atoms with van der Waals surface area (Å²) in [6.07, 6.45) is 4.85. The van der Waals surface area contributed by atoms with E-state index in [1.165, 1.54) is 6.42 Å². The van der Waals surface area contributed by atoms with Crippen LogP contribution < -0.4 is 10.0 Å². The number of rotatable bonds is 7. The first-order chi connectivity index (χ1) is 12.2. The highest BCUT2D eigenvalue weighted by Gasteiger charge is 2.30. The lowest BCUT2D eigenvalue weighted by molar-refractivity contribution is -0.124. The van der Waals surface area contributed by atoms with Crippen LogP contribution in [0.2, 0.25) is 0 Å². The lowest BCUT2D eigenvalue weighted by atomic mass is 9.85. The molecule has 2 rings (SSSR count). The van der Waals surface area contributed by atoms with Gasteiger partial charge in [-0.1, -0.05) is 51.3 Å². The minimum Gasteiger partial charge on any atom is -0.352 e. The molecule has 0 radical (unpaired) electrons. The molecule has 1 amide bonds. The zero-order valence-corrected chi connectivity index (χ0v) is 17.1. The highest BCUT2D eigenvalue weighted by atomic mass is 32.2. The standard InChI is InChI=1S/C20H32N2O3S/c1-14(2)13-19(20(23)21-18-8-6-5-7-16(18)4)22-26(24,25)17-11-9-15(3)10-12-17/h9-12,14,16,18-19,22H,5-8,13H2,1-4H3,(H,21,23)/t16-,18-,19-/m0/s1. The average Bonchev–Trinajstić information content (AvgIpc) is 2.56. The van der Waals surface area contributed by atoms with Crippen LogP contribution in [-0.4, -0.2) is 26.4 Å². The van der Waals surface area contributed by atoms with Gasteiger partial charge in [-0.3, -0.25) is 4.79 Å². The number of amides is 1. The van der Waals surface area contributed by atoms with Crippen LogP contribution in [0.1, 0.15) is 58.4 Å². The van der Waals surface area contributed by atoms with E-state index >= 15 is 0 Å². The van der Waals surface area contributed by atoms with Gasteiger partial charge in [0.15, 0.2) is 0 Å². The lowest BCUT2D eigenvalue weighted by Gasteiger charge is -2.31. The third kappa shape index (κ3) is 5.81. The molecule has 1 aromatic rings. The van der Waals surface area contributed by atoms with E-state index in [-0.39, 0.29) is 22.8 Å². The van der Waals surface area contributed by atoms with E-state index in [4.69, 9.17) is 0 Å². The summed E-state index contributed by atoms with van der Waals surface area (Å²) in [4.78, 5) is 13.0. The number of nitrogens with one attached hydrogen (secondary N) is 2. The summed E-state index contributed by atoms with van der Waals surface area (Å²) in [5.74, 6) is 0.421. The van der Waals surface area contributed by atoms with Gasteiger partial charge in [-0.25, -0.2) is 8.42 Å². The summed E-state index contributed by atoms with van der Waals surface area (Å²) in [6, 6.07) is 6.05. The maximum absolute atomic E-state index is 12.8. The average molecular weight is 381 g/mol. The normalized spacial score (nSPS) is 22.2. The fourth-order valence-corrected chi connectivity index (χ4v) is 4.68. The third-order valence-corrected chi connectivity index (χ3v) is 6.58. The first kappa shape index (κ1) is 20.9. The molecule has 146 valence electrons. The van der Waals surface area contributed by atoms with Crippen molar-refractivity contribution >= 4 is 15.9 Å². The van der Waals surface area contributed by atoms with Gasteiger partial charge in [-0.05, 0) is 50.2 Å². The van der Waals surface area contributed by atoms with Crippen molar-refractivity contribution in [2.24, 2.45) is 11.8 Å². The molecular weight excluding hydrogens is 348 g/mol. The Balaban J connectivity index is 2.12. The van der Waals surface area contributed by atoms with Gasteiger partial charge < -0.3 is 5.32 Å². The van der Waals surface area contributed by atoms with Crippen LogP contribution in [0.25, 0.3) is 0 Å². The molecule has 0 spiro atoms. The molecule has 1 aliphatic rings. The summed E-state index contributed by atoms with van der Waals surface area (Å²) in [7, 11) is -3.73. The lowest BCUT2D eigenvalue weighted by Crippen LogP contribution is -2.51. The van der Waals surface area contributed by atoms with Gasteiger partial charge in [0, 0.05) is 6.04 Å². The summed E-state index contributed by atoms with van der Waals surface area (Å²) in [5.41, 5.74) is 0.992. The first-order valence-corrected chi connectivity index (χ1v) is 11.1. The summed E-state index contributed by atoms with van der Waals surface area (Å²) >= 11 is 0. The Morgan fingerprint density at radius 1 is 1.15 bits per heavy atom. The molecule has 1 saturated carbocycles. The maximum atomic E-state index is 12.8. The zero-order valence-electron chi connectivity index (χ0n) is 16.3. The minimum absolute atomic E-state index is 0.134. The molecule has 1 aromatic carbocycles. The number of hydrogen-bond acceptors (Lipinski definition) is 3. The van der Waals surface area contributed by atoms with Crippen molar-refractivity contribution in [1.29, 1.82) is 0 Å². The second-order valence-electron chi connectivity index (χ2n) is 7.99. The topological polar surface area (TPSA) is 75.3 Å². The molecule has 2 N–H and O–H groups in total. The van der Waals surface area contributed by atoms with Gasteiger partial charge in [0.25, 0.3) is 0 Å². The smallest absolute Gasteiger partial charge is 0.241 e.